The summed E-state index contributed by atoms with van der Waals surface area (Å²) in [7, 11) is 0. The molecule has 7 heteroatoms. The normalized spacial score (nSPS) is 24.3. The predicted octanol–water partition coefficient (Wildman–Crippen LogP) is 2.04. The Kier molecular flexibility index (Phi) is 4.04. The molecule has 1 aromatic rings. The SMILES string of the molecule is CC(=O)C1(C(C)=O)C(N)=C(C#N)CC12CC(=S)N(c1ccccc1)C2=O. The zero-order valence-electron chi connectivity index (χ0n) is 14.4. The smallest absolute Gasteiger partial charge is 0.240 e. The summed E-state index contributed by atoms with van der Waals surface area (Å²) in [5.41, 5.74) is 3.32. The number of nitriles is 1. The number of allylic oxidation sites excluding steroid dienone is 2. The van der Waals surface area contributed by atoms with E-state index in [1.807, 2.05) is 6.07 Å². The fourth-order valence-electron chi connectivity index (χ4n) is 4.42. The summed E-state index contributed by atoms with van der Waals surface area (Å²) in [5, 5.41) is 9.44. The van der Waals surface area contributed by atoms with Gasteiger partial charge in [0.1, 0.15) is 17.0 Å². The van der Waals surface area contributed by atoms with Gasteiger partial charge in [0, 0.05) is 24.2 Å². The Bertz CT molecular complexity index is 915. The molecule has 1 aliphatic carbocycles. The number of carbonyl (C=O) groups excluding carboxylic acids is 3. The van der Waals surface area contributed by atoms with Gasteiger partial charge in [-0.05, 0) is 26.0 Å². The first-order valence-corrected chi connectivity index (χ1v) is 8.48. The number of rotatable bonds is 3. The number of hydrogen-bond acceptors (Lipinski definition) is 6. The number of carbonyl (C=O) groups is 3. The molecule has 1 unspecified atom stereocenters. The van der Waals surface area contributed by atoms with Crippen LogP contribution in [0.3, 0.4) is 0 Å². The molecule has 1 spiro atoms. The molecule has 3 rings (SSSR count). The summed E-state index contributed by atoms with van der Waals surface area (Å²) in [6.45, 7) is 2.47. The Balaban J connectivity index is 2.26. The van der Waals surface area contributed by atoms with Gasteiger partial charge in [-0.2, -0.15) is 5.26 Å². The molecule has 0 saturated carbocycles. The first kappa shape index (κ1) is 18.0. The van der Waals surface area contributed by atoms with Crippen molar-refractivity contribution in [1.82, 2.24) is 0 Å². The lowest BCUT2D eigenvalue weighted by atomic mass is 9.59. The van der Waals surface area contributed by atoms with Gasteiger partial charge in [-0.15, -0.1) is 0 Å². The lowest BCUT2D eigenvalue weighted by Gasteiger charge is -2.38. The van der Waals surface area contributed by atoms with E-state index in [-0.39, 0.29) is 24.1 Å². The molecule has 2 N–H and O–H groups in total. The molecule has 0 bridgehead atoms. The highest BCUT2D eigenvalue weighted by Crippen LogP contribution is 2.61. The largest absolute Gasteiger partial charge is 0.400 e. The van der Waals surface area contributed by atoms with Gasteiger partial charge in [0.15, 0.2) is 0 Å². The number of ketones is 2. The number of para-hydroxylation sites is 1. The van der Waals surface area contributed by atoms with Crippen molar-refractivity contribution in [2.24, 2.45) is 16.6 Å². The van der Waals surface area contributed by atoms with Gasteiger partial charge in [-0.1, -0.05) is 30.4 Å². The molecular weight excluding hydrogens is 350 g/mol. The fourth-order valence-corrected chi connectivity index (χ4v) is 4.86. The van der Waals surface area contributed by atoms with Crippen LogP contribution in [0.4, 0.5) is 5.69 Å². The van der Waals surface area contributed by atoms with Crippen LogP contribution in [0, 0.1) is 22.2 Å². The van der Waals surface area contributed by atoms with Crippen molar-refractivity contribution in [3.8, 4) is 6.07 Å². The average Bonchev–Trinajstić information content (AvgIpc) is 2.99. The molecule has 1 aliphatic heterocycles. The quantitative estimate of drug-likeness (QED) is 0.647. The highest BCUT2D eigenvalue weighted by molar-refractivity contribution is 7.80. The number of thiocarbonyl (C=S) groups is 1. The van der Waals surface area contributed by atoms with Crippen LogP contribution in [0.25, 0.3) is 0 Å². The first-order valence-electron chi connectivity index (χ1n) is 8.07. The third kappa shape index (κ3) is 1.96. The number of benzene rings is 1. The van der Waals surface area contributed by atoms with Gasteiger partial charge >= 0.3 is 0 Å². The van der Waals surface area contributed by atoms with Crippen molar-refractivity contribution in [3.63, 3.8) is 0 Å². The Morgan fingerprint density at radius 3 is 2.27 bits per heavy atom. The van der Waals surface area contributed by atoms with E-state index < -0.39 is 28.3 Å². The summed E-state index contributed by atoms with van der Waals surface area (Å²) in [6, 6.07) is 10.7. The Morgan fingerprint density at radius 1 is 1.19 bits per heavy atom. The van der Waals surface area contributed by atoms with Crippen LogP contribution in [0.1, 0.15) is 26.7 Å². The highest BCUT2D eigenvalue weighted by Gasteiger charge is 2.71. The number of Topliss-reactive ketones (excluding diaryl/α,β-unsaturated/α-hetero) is 2. The first-order chi connectivity index (χ1) is 12.2. The van der Waals surface area contributed by atoms with Crippen molar-refractivity contribution < 1.29 is 14.4 Å². The van der Waals surface area contributed by atoms with Gasteiger partial charge in [-0.3, -0.25) is 19.3 Å². The van der Waals surface area contributed by atoms with E-state index in [1.165, 1.54) is 18.7 Å². The van der Waals surface area contributed by atoms with E-state index in [0.717, 1.165) is 0 Å². The molecule has 26 heavy (non-hydrogen) atoms. The van der Waals surface area contributed by atoms with E-state index in [0.29, 0.717) is 10.7 Å². The van der Waals surface area contributed by atoms with E-state index in [4.69, 9.17) is 18.0 Å². The van der Waals surface area contributed by atoms with E-state index in [2.05, 4.69) is 0 Å². The van der Waals surface area contributed by atoms with Gasteiger partial charge in [0.2, 0.25) is 5.91 Å². The summed E-state index contributed by atoms with van der Waals surface area (Å²) in [6.07, 6.45) is -0.0576. The predicted molar refractivity (Wildman–Crippen MR) is 98.8 cm³/mol. The number of hydrogen-bond donors (Lipinski definition) is 1. The Morgan fingerprint density at radius 2 is 1.77 bits per heavy atom. The topological polar surface area (TPSA) is 104 Å². The second-order valence-electron chi connectivity index (χ2n) is 6.67. The van der Waals surface area contributed by atoms with Crippen LogP contribution in [-0.2, 0) is 14.4 Å². The molecule has 6 nitrogen and oxygen atoms in total. The van der Waals surface area contributed by atoms with Crippen LogP contribution >= 0.6 is 12.2 Å². The summed E-state index contributed by atoms with van der Waals surface area (Å²) >= 11 is 5.44. The highest BCUT2D eigenvalue weighted by atomic mass is 32.1. The molecule has 1 saturated heterocycles. The molecule has 1 amide bonds. The molecule has 2 aliphatic rings. The lowest BCUT2D eigenvalue weighted by Crippen LogP contribution is -2.55. The third-order valence-corrected chi connectivity index (χ3v) is 5.77. The van der Waals surface area contributed by atoms with Crippen molar-refractivity contribution in [2.45, 2.75) is 26.7 Å². The molecule has 0 aromatic heterocycles. The second-order valence-corrected chi connectivity index (χ2v) is 7.14. The Hall–Kier alpha value is -2.85. The van der Waals surface area contributed by atoms with Crippen LogP contribution in [0.2, 0.25) is 0 Å². The number of nitrogens with two attached hydrogens (primary N) is 1. The van der Waals surface area contributed by atoms with Crippen molar-refractivity contribution in [1.29, 1.82) is 5.26 Å². The van der Waals surface area contributed by atoms with Crippen LogP contribution in [0.5, 0.6) is 0 Å². The van der Waals surface area contributed by atoms with Gasteiger partial charge in [0.05, 0.1) is 22.0 Å². The van der Waals surface area contributed by atoms with Gasteiger partial charge in [0.25, 0.3) is 0 Å². The Labute approximate surface area is 156 Å². The minimum absolute atomic E-state index is 0.0150. The molecule has 1 fully saturated rings. The standard InChI is InChI=1S/C19H17N3O3S/c1-11(23)19(12(2)24)16(21)13(10-20)8-18(19)9-15(26)22(17(18)25)14-6-4-3-5-7-14/h3-7H,8-9,21H2,1-2H3. The van der Waals surface area contributed by atoms with E-state index in [9.17, 15) is 19.6 Å². The summed E-state index contributed by atoms with van der Waals surface area (Å²) < 4.78 is 0. The molecule has 1 aromatic carbocycles. The average molecular weight is 367 g/mol. The third-order valence-electron chi connectivity index (χ3n) is 5.45. The maximum Gasteiger partial charge on any atom is 0.240 e. The molecule has 1 heterocycles. The van der Waals surface area contributed by atoms with Crippen molar-refractivity contribution in [2.75, 3.05) is 4.90 Å². The minimum Gasteiger partial charge on any atom is -0.400 e. The maximum absolute atomic E-state index is 13.5. The number of anilines is 1. The number of nitrogens with zero attached hydrogens (tertiary/aromatic N) is 2. The molecule has 132 valence electrons. The fraction of sp³-hybridized carbons (Fsp3) is 0.316. The van der Waals surface area contributed by atoms with Crippen molar-refractivity contribution in [3.05, 3.63) is 41.6 Å². The van der Waals surface area contributed by atoms with Crippen LogP contribution < -0.4 is 10.6 Å². The zero-order chi connectivity index (χ0) is 19.3. The minimum atomic E-state index is -1.86. The summed E-state index contributed by atoms with van der Waals surface area (Å²) in [4.78, 5) is 40.5. The monoisotopic (exact) mass is 367 g/mol. The molecular formula is C19H17N3O3S. The lowest BCUT2D eigenvalue weighted by molar-refractivity contribution is -0.150. The second kappa shape index (κ2) is 5.85. The zero-order valence-corrected chi connectivity index (χ0v) is 15.2. The van der Waals surface area contributed by atoms with Crippen LogP contribution in [0.15, 0.2) is 41.6 Å². The number of amides is 1. The van der Waals surface area contributed by atoms with Crippen LogP contribution in [-0.4, -0.2) is 22.5 Å². The van der Waals surface area contributed by atoms with Gasteiger partial charge in [-0.25, -0.2) is 0 Å². The maximum atomic E-state index is 13.5. The summed E-state index contributed by atoms with van der Waals surface area (Å²) in [5.74, 6) is -1.55. The van der Waals surface area contributed by atoms with E-state index in [1.54, 1.807) is 30.3 Å². The molecule has 0 radical (unpaired) electrons. The molecule has 1 atom stereocenters. The van der Waals surface area contributed by atoms with Gasteiger partial charge < -0.3 is 5.73 Å². The van der Waals surface area contributed by atoms with E-state index >= 15 is 0 Å². The van der Waals surface area contributed by atoms with Crippen molar-refractivity contribution >= 4 is 40.4 Å².